The van der Waals surface area contributed by atoms with E-state index in [0.29, 0.717) is 17.8 Å². The molecule has 0 unspecified atom stereocenters. The van der Waals surface area contributed by atoms with Gasteiger partial charge >= 0.3 is 12.1 Å². The van der Waals surface area contributed by atoms with Gasteiger partial charge in [0, 0.05) is 44.0 Å². The molecule has 0 N–H and O–H groups in total. The van der Waals surface area contributed by atoms with Gasteiger partial charge in [-0.3, -0.25) is 4.90 Å². The number of anilines is 1. The van der Waals surface area contributed by atoms with Gasteiger partial charge in [0.2, 0.25) is 0 Å². The molecule has 34 heavy (non-hydrogen) atoms. The van der Waals surface area contributed by atoms with Gasteiger partial charge in [-0.05, 0) is 77.3 Å². The molecule has 2 aliphatic heterocycles. The maximum atomic E-state index is 12.4. The van der Waals surface area contributed by atoms with Crippen LogP contribution in [0.2, 0.25) is 0 Å². The fourth-order valence-corrected chi connectivity index (χ4v) is 4.93. The zero-order chi connectivity index (χ0) is 24.7. The van der Waals surface area contributed by atoms with Gasteiger partial charge < -0.3 is 24.0 Å². The number of methoxy groups -OCH3 is 1. The molecular formula is C26H41N3O5. The van der Waals surface area contributed by atoms with E-state index in [1.54, 1.807) is 0 Å². The second kappa shape index (κ2) is 11.8. The van der Waals surface area contributed by atoms with Crippen molar-refractivity contribution in [2.75, 3.05) is 51.3 Å². The number of carbonyl (C=O) groups is 2. The first-order chi connectivity index (χ1) is 16.2. The van der Waals surface area contributed by atoms with Crippen LogP contribution in [0.25, 0.3) is 0 Å². The van der Waals surface area contributed by atoms with Crippen LogP contribution in [0.15, 0.2) is 24.3 Å². The van der Waals surface area contributed by atoms with Gasteiger partial charge in [-0.2, -0.15) is 0 Å². The van der Waals surface area contributed by atoms with Crippen LogP contribution in [-0.4, -0.2) is 86.0 Å². The molecule has 1 amide bonds. The molecule has 0 aliphatic carbocycles. The third kappa shape index (κ3) is 7.26. The molecule has 2 heterocycles. The Morgan fingerprint density at radius 2 is 1.53 bits per heavy atom. The second-order valence-corrected chi connectivity index (χ2v) is 10.1. The van der Waals surface area contributed by atoms with Gasteiger partial charge in [0.15, 0.2) is 6.61 Å². The number of nitrogens with zero attached hydrogens (tertiary/aromatic N) is 3. The zero-order valence-corrected chi connectivity index (χ0v) is 21.4. The molecule has 0 aromatic heterocycles. The fraction of sp³-hybridized carbons (Fsp3) is 0.692. The molecule has 0 spiro atoms. The highest BCUT2D eigenvalue weighted by Gasteiger charge is 2.33. The molecule has 1 aromatic rings. The number of esters is 1. The Hall–Kier alpha value is -2.48. The Labute approximate surface area is 204 Å². The quantitative estimate of drug-likeness (QED) is 0.554. The molecule has 3 rings (SSSR count). The van der Waals surface area contributed by atoms with Crippen molar-refractivity contribution in [3.63, 3.8) is 0 Å². The van der Waals surface area contributed by atoms with E-state index in [0.717, 1.165) is 58.4 Å². The first-order valence-electron chi connectivity index (χ1n) is 12.5. The van der Waals surface area contributed by atoms with Gasteiger partial charge in [0.25, 0.3) is 0 Å². The number of likely N-dealkylation sites (tertiary alicyclic amines) is 1. The summed E-state index contributed by atoms with van der Waals surface area (Å²) < 4.78 is 15.6. The normalized spacial score (nSPS) is 18.2. The molecule has 0 atom stereocenters. The number of hydrogen-bond donors (Lipinski definition) is 0. The smallest absolute Gasteiger partial charge is 0.410 e. The van der Waals surface area contributed by atoms with Crippen LogP contribution < -0.4 is 9.64 Å². The second-order valence-electron chi connectivity index (χ2n) is 10.1. The Bertz CT molecular complexity index is 792. The van der Waals surface area contributed by atoms with Crippen LogP contribution in [0, 0.1) is 0 Å². The van der Waals surface area contributed by atoms with Crippen molar-refractivity contribution in [2.45, 2.75) is 71.1 Å². The van der Waals surface area contributed by atoms with E-state index < -0.39 is 5.60 Å². The molecule has 1 aromatic carbocycles. The predicted octanol–water partition coefficient (Wildman–Crippen LogP) is 3.93. The van der Waals surface area contributed by atoms with E-state index in [1.807, 2.05) is 37.8 Å². The van der Waals surface area contributed by atoms with Crippen molar-refractivity contribution in [1.82, 2.24) is 9.80 Å². The Balaban J connectivity index is 1.46. The summed E-state index contributed by atoms with van der Waals surface area (Å²) in [5, 5.41) is 0. The van der Waals surface area contributed by atoms with Crippen molar-refractivity contribution >= 4 is 17.7 Å². The standard InChI is InChI=1S/C26H41N3O5/c1-6-29(22-13-17-28(18-14-22)25(31)34-26(2,3)4)21-11-15-27(16-12-21)20-7-9-23(10-8-20)33-19-24(30)32-5/h7-10,21-22H,6,11-19H2,1-5H3. The van der Waals surface area contributed by atoms with E-state index in [2.05, 4.69) is 33.6 Å². The van der Waals surface area contributed by atoms with Gasteiger partial charge in [-0.25, -0.2) is 9.59 Å². The molecule has 2 aliphatic rings. The van der Waals surface area contributed by atoms with Crippen molar-refractivity contribution < 1.29 is 23.8 Å². The summed E-state index contributed by atoms with van der Waals surface area (Å²) in [4.78, 5) is 30.6. The minimum absolute atomic E-state index is 0.0786. The first-order valence-corrected chi connectivity index (χ1v) is 12.5. The lowest BCUT2D eigenvalue weighted by Gasteiger charge is -2.45. The highest BCUT2D eigenvalue weighted by atomic mass is 16.6. The number of ether oxygens (including phenoxy) is 3. The molecule has 8 heteroatoms. The summed E-state index contributed by atoms with van der Waals surface area (Å²) >= 11 is 0. The van der Waals surface area contributed by atoms with Crippen LogP contribution in [0.1, 0.15) is 53.4 Å². The lowest BCUT2D eigenvalue weighted by molar-refractivity contribution is -0.142. The molecule has 0 bridgehead atoms. The maximum absolute atomic E-state index is 12.4. The average Bonchev–Trinajstić information content (AvgIpc) is 2.83. The van der Waals surface area contributed by atoms with Crippen molar-refractivity contribution in [2.24, 2.45) is 0 Å². The van der Waals surface area contributed by atoms with Crippen LogP contribution in [0.4, 0.5) is 10.5 Å². The molecular weight excluding hydrogens is 434 g/mol. The number of amides is 1. The summed E-state index contributed by atoms with van der Waals surface area (Å²) in [6.45, 7) is 12.5. The lowest BCUT2D eigenvalue weighted by atomic mass is 9.96. The van der Waals surface area contributed by atoms with Crippen LogP contribution in [-0.2, 0) is 14.3 Å². The Morgan fingerprint density at radius 1 is 0.971 bits per heavy atom. The van der Waals surface area contributed by atoms with Gasteiger partial charge in [0.05, 0.1) is 7.11 Å². The molecule has 190 valence electrons. The zero-order valence-electron chi connectivity index (χ0n) is 21.4. The third-order valence-corrected chi connectivity index (χ3v) is 6.67. The fourth-order valence-electron chi connectivity index (χ4n) is 4.93. The average molecular weight is 476 g/mol. The van der Waals surface area contributed by atoms with Gasteiger partial charge in [-0.15, -0.1) is 0 Å². The SMILES string of the molecule is CCN(C1CCN(C(=O)OC(C)(C)C)CC1)C1CCN(c2ccc(OCC(=O)OC)cc2)CC1. The monoisotopic (exact) mass is 475 g/mol. The largest absolute Gasteiger partial charge is 0.482 e. The molecule has 2 saturated heterocycles. The van der Waals surface area contributed by atoms with Crippen molar-refractivity contribution in [3.8, 4) is 5.75 Å². The molecule has 8 nitrogen and oxygen atoms in total. The van der Waals surface area contributed by atoms with Crippen LogP contribution in [0.3, 0.4) is 0 Å². The van der Waals surface area contributed by atoms with Crippen LogP contribution >= 0.6 is 0 Å². The number of rotatable bonds is 7. The van der Waals surface area contributed by atoms with Crippen LogP contribution in [0.5, 0.6) is 5.75 Å². The highest BCUT2D eigenvalue weighted by molar-refractivity contribution is 5.71. The van der Waals surface area contributed by atoms with E-state index in [4.69, 9.17) is 9.47 Å². The minimum atomic E-state index is -0.451. The van der Waals surface area contributed by atoms with E-state index in [1.165, 1.54) is 12.8 Å². The van der Waals surface area contributed by atoms with E-state index in [9.17, 15) is 9.59 Å². The van der Waals surface area contributed by atoms with Crippen molar-refractivity contribution in [3.05, 3.63) is 24.3 Å². The highest BCUT2D eigenvalue weighted by Crippen LogP contribution is 2.28. The predicted molar refractivity (Wildman–Crippen MR) is 132 cm³/mol. The van der Waals surface area contributed by atoms with Crippen molar-refractivity contribution in [1.29, 1.82) is 0 Å². The number of piperidine rings is 2. The molecule has 2 fully saturated rings. The molecule has 0 saturated carbocycles. The Morgan fingerprint density at radius 3 is 2.03 bits per heavy atom. The first kappa shape index (κ1) is 26.1. The minimum Gasteiger partial charge on any atom is -0.482 e. The summed E-state index contributed by atoms with van der Waals surface area (Å²) in [6.07, 6.45) is 4.06. The number of carbonyl (C=O) groups excluding carboxylic acids is 2. The van der Waals surface area contributed by atoms with Gasteiger partial charge in [-0.1, -0.05) is 6.92 Å². The summed E-state index contributed by atoms with van der Waals surface area (Å²) in [6, 6.07) is 9.00. The number of hydrogen-bond acceptors (Lipinski definition) is 7. The lowest BCUT2D eigenvalue weighted by Crippen LogP contribution is -2.53. The van der Waals surface area contributed by atoms with E-state index >= 15 is 0 Å². The summed E-state index contributed by atoms with van der Waals surface area (Å²) in [7, 11) is 1.35. The van der Waals surface area contributed by atoms with E-state index in [-0.39, 0.29) is 18.7 Å². The number of benzene rings is 1. The third-order valence-electron chi connectivity index (χ3n) is 6.67. The molecule has 0 radical (unpaired) electrons. The maximum Gasteiger partial charge on any atom is 0.410 e. The summed E-state index contributed by atoms with van der Waals surface area (Å²) in [5.41, 5.74) is 0.728. The van der Waals surface area contributed by atoms with Gasteiger partial charge in [0.1, 0.15) is 11.4 Å². The summed E-state index contributed by atoms with van der Waals surface area (Å²) in [5.74, 6) is 0.279. The topological polar surface area (TPSA) is 71.5 Å². The Kier molecular flexibility index (Phi) is 9.05.